The van der Waals surface area contributed by atoms with E-state index in [1.807, 2.05) is 0 Å². The number of carboxylic acid groups (broad SMARTS) is 1. The van der Waals surface area contributed by atoms with Crippen LogP contribution in [0.4, 0.5) is 0 Å². The molecule has 76 valence electrons. The van der Waals surface area contributed by atoms with E-state index in [2.05, 4.69) is 9.73 Å². The Morgan fingerprint density at radius 2 is 2.31 bits per heavy atom. The lowest BCUT2D eigenvalue weighted by Gasteiger charge is -2.07. The van der Waals surface area contributed by atoms with E-state index in [1.54, 1.807) is 13.8 Å². The molecule has 13 heavy (non-hydrogen) atoms. The maximum atomic E-state index is 10.0. The van der Waals surface area contributed by atoms with Crippen molar-refractivity contribution in [1.29, 1.82) is 0 Å². The number of aliphatic carboxylic acids is 1. The summed E-state index contributed by atoms with van der Waals surface area (Å²) in [6.07, 6.45) is 1.49. The van der Waals surface area contributed by atoms with Gasteiger partial charge in [-0.25, -0.2) is 0 Å². The van der Waals surface area contributed by atoms with Crippen molar-refractivity contribution in [3.8, 4) is 0 Å². The zero-order chi connectivity index (χ0) is 10.3. The highest BCUT2D eigenvalue weighted by Crippen LogP contribution is 1.96. The maximum Gasteiger partial charge on any atom is 0.320 e. The van der Waals surface area contributed by atoms with E-state index in [0.717, 1.165) is 13.2 Å². The number of carbonyl (C=O) groups is 1. The largest absolute Gasteiger partial charge is 0.482 e. The highest BCUT2D eigenvalue weighted by atomic mass is 16.5. The molecule has 0 radical (unpaired) electrons. The third kappa shape index (κ3) is 6.10. The van der Waals surface area contributed by atoms with Crippen molar-refractivity contribution in [1.82, 2.24) is 0 Å². The van der Waals surface area contributed by atoms with Gasteiger partial charge in [0.25, 0.3) is 0 Å². The summed E-state index contributed by atoms with van der Waals surface area (Å²) in [5.41, 5.74) is 5.16. The second-order valence-electron chi connectivity index (χ2n) is 2.99. The average molecular weight is 188 g/mol. The molecule has 0 saturated carbocycles. The highest BCUT2D eigenvalue weighted by molar-refractivity contribution is 5.73. The molecule has 1 aliphatic heterocycles. The molecule has 1 aliphatic rings. The minimum absolute atomic E-state index is 0.0208. The lowest BCUT2D eigenvalue weighted by Crippen LogP contribution is -2.34. The molecule has 0 aromatic rings. The van der Waals surface area contributed by atoms with E-state index < -0.39 is 12.0 Å². The van der Waals surface area contributed by atoms with Crippen LogP contribution >= 0.6 is 0 Å². The minimum Gasteiger partial charge on any atom is -0.482 e. The number of ether oxygens (including phenoxy) is 1. The van der Waals surface area contributed by atoms with Crippen LogP contribution in [0, 0.1) is 5.92 Å². The zero-order valence-corrected chi connectivity index (χ0v) is 7.93. The SMILES string of the molecule is C1=NCCO1.CC(C)C(N)C(=O)O. The summed E-state index contributed by atoms with van der Waals surface area (Å²) in [5.74, 6) is -0.910. The van der Waals surface area contributed by atoms with Gasteiger partial charge in [0.2, 0.25) is 0 Å². The molecule has 3 N–H and O–H groups in total. The molecule has 0 bridgehead atoms. The topological polar surface area (TPSA) is 84.9 Å². The maximum absolute atomic E-state index is 10.0. The van der Waals surface area contributed by atoms with Crippen LogP contribution in [0.15, 0.2) is 4.99 Å². The first-order valence-corrected chi connectivity index (χ1v) is 4.14. The summed E-state index contributed by atoms with van der Waals surface area (Å²) in [6.45, 7) is 5.18. The van der Waals surface area contributed by atoms with Crippen LogP contribution in [-0.2, 0) is 9.53 Å². The second kappa shape index (κ2) is 6.42. The molecular weight excluding hydrogens is 172 g/mol. The Kier molecular flexibility index (Phi) is 5.88. The van der Waals surface area contributed by atoms with Crippen molar-refractivity contribution < 1.29 is 14.6 Å². The van der Waals surface area contributed by atoms with E-state index >= 15 is 0 Å². The molecule has 0 aromatic carbocycles. The van der Waals surface area contributed by atoms with Crippen molar-refractivity contribution in [2.24, 2.45) is 16.6 Å². The van der Waals surface area contributed by atoms with Crippen molar-refractivity contribution in [2.75, 3.05) is 13.2 Å². The van der Waals surface area contributed by atoms with Crippen molar-refractivity contribution in [2.45, 2.75) is 19.9 Å². The van der Waals surface area contributed by atoms with E-state index in [4.69, 9.17) is 10.8 Å². The van der Waals surface area contributed by atoms with Gasteiger partial charge in [-0.05, 0) is 5.92 Å². The fourth-order valence-electron chi connectivity index (χ4n) is 0.549. The molecule has 0 spiro atoms. The molecule has 0 fully saturated rings. The molecular formula is C8H16N2O3. The Balaban J connectivity index is 0.000000243. The third-order valence-corrected chi connectivity index (χ3v) is 1.49. The lowest BCUT2D eigenvalue weighted by atomic mass is 10.1. The van der Waals surface area contributed by atoms with Crippen LogP contribution in [0.1, 0.15) is 13.8 Å². The summed E-state index contributed by atoms with van der Waals surface area (Å²) in [4.78, 5) is 13.8. The molecule has 1 atom stereocenters. The first-order chi connectivity index (χ1) is 6.05. The van der Waals surface area contributed by atoms with Crippen molar-refractivity contribution >= 4 is 12.4 Å². The molecule has 0 saturated heterocycles. The Morgan fingerprint density at radius 1 is 1.69 bits per heavy atom. The highest BCUT2D eigenvalue weighted by Gasteiger charge is 2.14. The van der Waals surface area contributed by atoms with E-state index in [9.17, 15) is 4.79 Å². The Bertz CT molecular complexity index is 174. The Hall–Kier alpha value is -1.10. The summed E-state index contributed by atoms with van der Waals surface area (Å²) in [5, 5.41) is 8.23. The van der Waals surface area contributed by atoms with Gasteiger partial charge in [0.15, 0.2) is 6.40 Å². The average Bonchev–Trinajstić information content (AvgIpc) is 2.59. The van der Waals surface area contributed by atoms with Gasteiger partial charge in [0, 0.05) is 0 Å². The normalized spacial score (nSPS) is 16.0. The van der Waals surface area contributed by atoms with E-state index in [-0.39, 0.29) is 5.92 Å². The van der Waals surface area contributed by atoms with Gasteiger partial charge in [-0.3, -0.25) is 9.79 Å². The van der Waals surface area contributed by atoms with Crippen molar-refractivity contribution in [3.63, 3.8) is 0 Å². The van der Waals surface area contributed by atoms with Crippen molar-refractivity contribution in [3.05, 3.63) is 0 Å². The monoisotopic (exact) mass is 188 g/mol. The summed E-state index contributed by atoms with van der Waals surface area (Å²) in [6, 6.07) is -0.713. The number of hydrogen-bond donors (Lipinski definition) is 2. The Labute approximate surface area is 77.6 Å². The third-order valence-electron chi connectivity index (χ3n) is 1.49. The zero-order valence-electron chi connectivity index (χ0n) is 7.93. The van der Waals surface area contributed by atoms with Gasteiger partial charge in [-0.15, -0.1) is 0 Å². The molecule has 5 nitrogen and oxygen atoms in total. The predicted molar refractivity (Wildman–Crippen MR) is 49.8 cm³/mol. The predicted octanol–water partition coefficient (Wildman–Crippen LogP) is 0.0992. The van der Waals surface area contributed by atoms with Crippen LogP contribution < -0.4 is 5.73 Å². The summed E-state index contributed by atoms with van der Waals surface area (Å²) >= 11 is 0. The number of aliphatic imine (C=N–C) groups is 1. The number of nitrogens with zero attached hydrogens (tertiary/aromatic N) is 1. The first-order valence-electron chi connectivity index (χ1n) is 4.14. The van der Waals surface area contributed by atoms with E-state index in [1.165, 1.54) is 6.40 Å². The van der Waals surface area contributed by atoms with Crippen LogP contribution in [0.25, 0.3) is 0 Å². The molecule has 0 aliphatic carbocycles. The molecule has 1 rings (SSSR count). The fourth-order valence-corrected chi connectivity index (χ4v) is 0.549. The number of hydrogen-bond acceptors (Lipinski definition) is 4. The molecule has 0 aromatic heterocycles. The van der Waals surface area contributed by atoms with Crippen LogP contribution in [0.3, 0.4) is 0 Å². The molecule has 1 heterocycles. The first kappa shape index (κ1) is 11.9. The van der Waals surface area contributed by atoms with Gasteiger partial charge in [-0.1, -0.05) is 13.8 Å². The Morgan fingerprint density at radius 3 is 2.38 bits per heavy atom. The second-order valence-corrected chi connectivity index (χ2v) is 2.99. The number of carboxylic acids is 1. The quantitative estimate of drug-likeness (QED) is 0.643. The fraction of sp³-hybridized carbons (Fsp3) is 0.750. The van der Waals surface area contributed by atoms with Gasteiger partial charge in [0.1, 0.15) is 12.6 Å². The minimum atomic E-state index is -0.931. The van der Waals surface area contributed by atoms with Crippen LogP contribution in [0.5, 0.6) is 0 Å². The van der Waals surface area contributed by atoms with Gasteiger partial charge < -0.3 is 15.6 Å². The van der Waals surface area contributed by atoms with E-state index in [0.29, 0.717) is 0 Å². The van der Waals surface area contributed by atoms with Crippen LogP contribution in [-0.4, -0.2) is 36.7 Å². The molecule has 5 heteroatoms. The van der Waals surface area contributed by atoms with Gasteiger partial charge >= 0.3 is 5.97 Å². The molecule has 0 amide bonds. The smallest absolute Gasteiger partial charge is 0.320 e. The standard InChI is InChI=1S/C5H11NO2.C3H5NO/c1-3(2)4(6)5(7)8;1-2-5-3-4-1/h3-4H,6H2,1-2H3,(H,7,8);3H,1-2H2. The summed E-state index contributed by atoms with van der Waals surface area (Å²) in [7, 11) is 0. The summed E-state index contributed by atoms with van der Waals surface area (Å²) < 4.78 is 4.65. The number of rotatable bonds is 2. The van der Waals surface area contributed by atoms with Gasteiger partial charge in [0.05, 0.1) is 6.54 Å². The van der Waals surface area contributed by atoms with Gasteiger partial charge in [-0.2, -0.15) is 0 Å². The number of nitrogens with two attached hydrogens (primary N) is 1. The lowest BCUT2D eigenvalue weighted by molar-refractivity contribution is -0.139. The van der Waals surface area contributed by atoms with Crippen LogP contribution in [0.2, 0.25) is 0 Å². The molecule has 1 unspecified atom stereocenters.